The fourth-order valence-corrected chi connectivity index (χ4v) is 5.76. The van der Waals surface area contributed by atoms with Gasteiger partial charge in [0, 0.05) is 23.8 Å². The third kappa shape index (κ3) is 4.94. The molecule has 1 aliphatic carbocycles. The van der Waals surface area contributed by atoms with Crippen LogP contribution in [0.2, 0.25) is 0 Å². The lowest BCUT2D eigenvalue weighted by molar-refractivity contribution is 0.309. The van der Waals surface area contributed by atoms with Crippen molar-refractivity contribution >= 4 is 43.8 Å². The molecular formula is C30H28FN9S. The highest BCUT2D eigenvalue weighted by molar-refractivity contribution is 7.17. The first-order valence-electron chi connectivity index (χ1n) is 13.3. The van der Waals surface area contributed by atoms with Crippen LogP contribution in [0.1, 0.15) is 62.0 Å². The van der Waals surface area contributed by atoms with Gasteiger partial charge in [-0.2, -0.15) is 10.5 Å². The highest BCUT2D eigenvalue weighted by Gasteiger charge is 2.46. The lowest BCUT2D eigenvalue weighted by atomic mass is 9.96. The van der Waals surface area contributed by atoms with Crippen molar-refractivity contribution in [3.05, 3.63) is 70.6 Å². The van der Waals surface area contributed by atoms with Crippen LogP contribution >= 0.6 is 11.3 Å². The number of pyridine rings is 1. The van der Waals surface area contributed by atoms with E-state index >= 15 is 0 Å². The van der Waals surface area contributed by atoms with Gasteiger partial charge in [0.15, 0.2) is 0 Å². The van der Waals surface area contributed by atoms with Gasteiger partial charge in [-0.1, -0.05) is 38.1 Å². The summed E-state index contributed by atoms with van der Waals surface area (Å²) >= 11 is 1.53. The molecule has 1 aliphatic rings. The smallest absolute Gasteiger partial charge is 0.115 e. The fraction of sp³-hybridized carbons (Fsp3) is 0.333. The van der Waals surface area contributed by atoms with Crippen LogP contribution < -0.4 is 10.6 Å². The van der Waals surface area contributed by atoms with Gasteiger partial charge < -0.3 is 10.6 Å². The van der Waals surface area contributed by atoms with Crippen LogP contribution in [0.25, 0.3) is 21.1 Å². The van der Waals surface area contributed by atoms with E-state index in [9.17, 15) is 14.9 Å². The van der Waals surface area contributed by atoms with E-state index in [4.69, 9.17) is 0 Å². The van der Waals surface area contributed by atoms with Crippen molar-refractivity contribution in [1.29, 1.82) is 10.5 Å². The van der Waals surface area contributed by atoms with Crippen molar-refractivity contribution < 1.29 is 4.39 Å². The summed E-state index contributed by atoms with van der Waals surface area (Å²) in [6.45, 7) is 6.45. The number of nitriles is 2. The zero-order valence-electron chi connectivity index (χ0n) is 22.9. The molecule has 1 saturated carbocycles. The van der Waals surface area contributed by atoms with E-state index in [-0.39, 0.29) is 5.41 Å². The lowest BCUT2D eigenvalue weighted by Gasteiger charge is -2.22. The van der Waals surface area contributed by atoms with Gasteiger partial charge in [-0.15, -0.1) is 16.4 Å². The number of thiazole rings is 1. The Balaban J connectivity index is 1.49. The van der Waals surface area contributed by atoms with E-state index in [0.717, 1.165) is 28.6 Å². The van der Waals surface area contributed by atoms with Crippen molar-refractivity contribution in [2.75, 3.05) is 23.9 Å². The molecule has 3 heterocycles. The van der Waals surface area contributed by atoms with E-state index in [1.165, 1.54) is 17.5 Å². The van der Waals surface area contributed by atoms with E-state index < -0.39 is 18.3 Å². The van der Waals surface area contributed by atoms with Crippen LogP contribution in [-0.2, 0) is 5.54 Å². The Kier molecular flexibility index (Phi) is 6.55. The Bertz CT molecular complexity index is 1850. The molecule has 1 fully saturated rings. The minimum absolute atomic E-state index is 0.0425. The molecule has 2 N–H and O–H groups in total. The molecule has 0 saturated heterocycles. The molecular weight excluding hydrogens is 537 g/mol. The molecule has 0 bridgehead atoms. The first-order chi connectivity index (χ1) is 19.7. The van der Waals surface area contributed by atoms with E-state index in [1.807, 2.05) is 30.5 Å². The monoisotopic (exact) mass is 565 g/mol. The molecule has 5 aromatic rings. The van der Waals surface area contributed by atoms with Crippen LogP contribution in [0.3, 0.4) is 0 Å². The average Bonchev–Trinajstić information content (AvgIpc) is 3.35. The Morgan fingerprint density at radius 1 is 1.15 bits per heavy atom. The number of rotatable bonds is 8. The number of nitrogens with one attached hydrogen (secondary N) is 2. The molecule has 6 rings (SSSR count). The van der Waals surface area contributed by atoms with Crippen molar-refractivity contribution in [1.82, 2.24) is 25.0 Å². The van der Waals surface area contributed by atoms with Crippen molar-refractivity contribution in [3.63, 3.8) is 0 Å². The van der Waals surface area contributed by atoms with Crippen LogP contribution in [0.15, 0.2) is 48.2 Å². The minimum Gasteiger partial charge on any atom is -0.383 e. The summed E-state index contributed by atoms with van der Waals surface area (Å²) in [5.41, 5.74) is 6.15. The molecule has 0 radical (unpaired) electrons. The van der Waals surface area contributed by atoms with Gasteiger partial charge in [0.05, 0.1) is 55.8 Å². The molecule has 41 heavy (non-hydrogen) atoms. The molecule has 0 spiro atoms. The first-order valence-corrected chi connectivity index (χ1v) is 14.2. The van der Waals surface area contributed by atoms with Gasteiger partial charge in [0.25, 0.3) is 0 Å². The van der Waals surface area contributed by atoms with Crippen LogP contribution in [-0.4, -0.2) is 38.2 Å². The fourth-order valence-electron chi connectivity index (χ4n) is 4.92. The summed E-state index contributed by atoms with van der Waals surface area (Å²) in [6, 6.07) is 13.6. The second-order valence-electron chi connectivity index (χ2n) is 11.7. The maximum Gasteiger partial charge on any atom is 0.115 e. The zero-order chi connectivity index (χ0) is 28.8. The summed E-state index contributed by atoms with van der Waals surface area (Å²) in [5.74, 6) is 0. The van der Waals surface area contributed by atoms with Crippen molar-refractivity contribution in [2.24, 2.45) is 5.41 Å². The van der Waals surface area contributed by atoms with Crippen LogP contribution in [0, 0.1) is 28.1 Å². The van der Waals surface area contributed by atoms with Gasteiger partial charge >= 0.3 is 0 Å². The summed E-state index contributed by atoms with van der Waals surface area (Å²) in [7, 11) is 0. The number of aromatic nitrogens is 5. The van der Waals surface area contributed by atoms with Crippen LogP contribution in [0.5, 0.6) is 0 Å². The van der Waals surface area contributed by atoms with Gasteiger partial charge in [0.1, 0.15) is 24.5 Å². The maximum absolute atomic E-state index is 13.9. The summed E-state index contributed by atoms with van der Waals surface area (Å²) in [5, 5.41) is 36.4. The number of nitrogens with zero attached hydrogens (tertiary/aromatic N) is 7. The van der Waals surface area contributed by atoms with E-state index in [1.54, 1.807) is 16.3 Å². The van der Waals surface area contributed by atoms with E-state index in [0.29, 0.717) is 45.6 Å². The molecule has 206 valence electrons. The van der Waals surface area contributed by atoms with Gasteiger partial charge in [0.2, 0.25) is 0 Å². The molecule has 3 aromatic heterocycles. The summed E-state index contributed by atoms with van der Waals surface area (Å²) in [4.78, 5) is 8.94. The normalized spacial score (nSPS) is 14.9. The number of benzene rings is 2. The van der Waals surface area contributed by atoms with Gasteiger partial charge in [-0.25, -0.2) is 14.1 Å². The predicted octanol–water partition coefficient (Wildman–Crippen LogP) is 6.30. The van der Waals surface area contributed by atoms with Gasteiger partial charge in [-0.3, -0.25) is 4.98 Å². The topological polar surface area (TPSA) is 128 Å². The lowest BCUT2D eigenvalue weighted by Crippen LogP contribution is -2.20. The predicted molar refractivity (Wildman–Crippen MR) is 157 cm³/mol. The number of alkyl halides is 1. The maximum atomic E-state index is 13.9. The SMILES string of the molecule is CC(C)(C)CNc1c(C#N)cnc2c(C#N)cc(N[C@H](c3cn(C4(CF)CC4)nn3)c3cccc4ncsc34)cc12. The van der Waals surface area contributed by atoms with Crippen molar-refractivity contribution in [3.8, 4) is 12.1 Å². The minimum atomic E-state index is -0.615. The van der Waals surface area contributed by atoms with Gasteiger partial charge in [-0.05, 0) is 42.0 Å². The molecule has 2 aromatic carbocycles. The third-order valence-corrected chi connectivity index (χ3v) is 8.28. The highest BCUT2D eigenvalue weighted by Crippen LogP contribution is 2.44. The van der Waals surface area contributed by atoms with Crippen LogP contribution in [0.4, 0.5) is 15.8 Å². The number of hydrogen-bond donors (Lipinski definition) is 2. The molecule has 0 amide bonds. The molecule has 9 nitrogen and oxygen atoms in total. The Labute approximate surface area is 240 Å². The third-order valence-electron chi connectivity index (χ3n) is 7.39. The Hall–Kier alpha value is -4.61. The highest BCUT2D eigenvalue weighted by atomic mass is 32.1. The molecule has 0 unspecified atom stereocenters. The quantitative estimate of drug-likeness (QED) is 0.224. The Morgan fingerprint density at radius 3 is 2.66 bits per heavy atom. The standard InChI is InChI=1S/C30H28FN9S/c1-29(2,3)16-35-26-19(12-33)13-34-25-18(11-32)9-20(10-22(25)26)37-27(21-5-4-6-23-28(21)41-17-36-23)24-14-40(39-38-24)30(15-31)7-8-30/h4-6,9-10,13-14,17,27,37H,7-8,15-16H2,1-3H3,(H,34,35)/t27-/m0/s1. The second kappa shape index (κ2) is 10.1. The number of fused-ring (bicyclic) bond motifs is 2. The summed E-state index contributed by atoms with van der Waals surface area (Å²) < 4.78 is 16.5. The molecule has 11 heteroatoms. The Morgan fingerprint density at radius 2 is 1.95 bits per heavy atom. The number of halogens is 1. The average molecular weight is 566 g/mol. The zero-order valence-corrected chi connectivity index (χ0v) is 23.8. The second-order valence-corrected chi connectivity index (χ2v) is 12.5. The molecule has 1 atom stereocenters. The summed E-state index contributed by atoms with van der Waals surface area (Å²) in [6.07, 6.45) is 4.76. The van der Waals surface area contributed by atoms with E-state index in [2.05, 4.69) is 63.8 Å². The number of anilines is 2. The van der Waals surface area contributed by atoms with Crippen molar-refractivity contribution in [2.45, 2.75) is 45.2 Å². The number of hydrogen-bond acceptors (Lipinski definition) is 9. The largest absolute Gasteiger partial charge is 0.383 e. The first kappa shape index (κ1) is 26.6. The molecule has 0 aliphatic heterocycles.